The van der Waals surface area contributed by atoms with Crippen molar-refractivity contribution in [2.75, 3.05) is 5.32 Å². The van der Waals surface area contributed by atoms with E-state index in [-0.39, 0.29) is 16.3 Å². The highest BCUT2D eigenvalue weighted by atomic mass is 35.7. The lowest BCUT2D eigenvalue weighted by molar-refractivity contribution is 0.102. The van der Waals surface area contributed by atoms with E-state index in [9.17, 15) is 17.6 Å². The molecule has 1 aromatic heterocycles. The summed E-state index contributed by atoms with van der Waals surface area (Å²) in [6.07, 6.45) is 2.89. The molecule has 106 valence electrons. The van der Waals surface area contributed by atoms with Gasteiger partial charge in [-0.15, -0.1) is 0 Å². The van der Waals surface area contributed by atoms with E-state index in [1.54, 1.807) is 11.6 Å². The Balaban J connectivity index is 2.25. The molecule has 0 saturated carbocycles. The largest absolute Gasteiger partial charge is 0.340 e. The van der Waals surface area contributed by atoms with Crippen LogP contribution in [0, 0.1) is 5.82 Å². The molecule has 0 radical (unpaired) electrons. The average Bonchev–Trinajstić information content (AvgIpc) is 2.77. The second-order valence-electron chi connectivity index (χ2n) is 3.96. The number of nitrogens with zero attached hydrogens (tertiary/aromatic N) is 2. The summed E-state index contributed by atoms with van der Waals surface area (Å²) in [7, 11) is 2.76. The van der Waals surface area contributed by atoms with Gasteiger partial charge < -0.3 is 9.88 Å². The van der Waals surface area contributed by atoms with Crippen LogP contribution in [0.1, 0.15) is 10.5 Å². The predicted octanol–water partition coefficient (Wildman–Crippen LogP) is 1.74. The topological polar surface area (TPSA) is 81.1 Å². The van der Waals surface area contributed by atoms with Gasteiger partial charge in [0.1, 0.15) is 11.5 Å². The Labute approximate surface area is 118 Å². The van der Waals surface area contributed by atoms with Crippen LogP contribution in [0.4, 0.5) is 10.1 Å². The maximum Gasteiger partial charge on any atom is 0.275 e. The van der Waals surface area contributed by atoms with Crippen LogP contribution in [0.3, 0.4) is 0 Å². The number of imidazole rings is 1. The monoisotopic (exact) mass is 317 g/mol. The van der Waals surface area contributed by atoms with Crippen molar-refractivity contribution in [1.82, 2.24) is 9.55 Å². The molecule has 6 nitrogen and oxygen atoms in total. The number of anilines is 1. The number of aryl methyl sites for hydroxylation is 1. The van der Waals surface area contributed by atoms with Gasteiger partial charge in [0, 0.05) is 23.9 Å². The number of nitrogens with one attached hydrogen (secondary N) is 1. The normalized spacial score (nSPS) is 11.3. The maximum absolute atomic E-state index is 13.7. The molecule has 2 aromatic rings. The summed E-state index contributed by atoms with van der Waals surface area (Å²) in [5.74, 6) is -1.51. The molecule has 0 spiro atoms. The second kappa shape index (κ2) is 5.22. The lowest BCUT2D eigenvalue weighted by atomic mass is 10.3. The Morgan fingerprint density at radius 2 is 2.15 bits per heavy atom. The van der Waals surface area contributed by atoms with Crippen LogP contribution in [0.5, 0.6) is 0 Å². The summed E-state index contributed by atoms with van der Waals surface area (Å²) in [6.45, 7) is 0. The van der Waals surface area contributed by atoms with Gasteiger partial charge in [0.15, 0.2) is 0 Å². The number of carbonyl (C=O) groups is 1. The maximum atomic E-state index is 13.7. The third-order valence-corrected chi connectivity index (χ3v) is 3.76. The van der Waals surface area contributed by atoms with Gasteiger partial charge in [0.25, 0.3) is 15.0 Å². The highest BCUT2D eigenvalue weighted by Gasteiger charge is 2.15. The van der Waals surface area contributed by atoms with Crippen LogP contribution in [-0.2, 0) is 16.1 Å². The van der Waals surface area contributed by atoms with Crippen LogP contribution in [0.25, 0.3) is 0 Å². The van der Waals surface area contributed by atoms with Gasteiger partial charge in [-0.05, 0) is 18.2 Å². The minimum atomic E-state index is -4.02. The molecule has 0 aliphatic rings. The van der Waals surface area contributed by atoms with E-state index in [4.69, 9.17) is 10.7 Å². The van der Waals surface area contributed by atoms with E-state index >= 15 is 0 Å². The molecule has 0 fully saturated rings. The molecule has 1 N–H and O–H groups in total. The third-order valence-electron chi connectivity index (χ3n) is 2.41. The zero-order valence-electron chi connectivity index (χ0n) is 10.2. The summed E-state index contributed by atoms with van der Waals surface area (Å²) in [6, 6.07) is 2.95. The van der Waals surface area contributed by atoms with Crippen molar-refractivity contribution in [3.8, 4) is 0 Å². The Kier molecular flexibility index (Phi) is 3.78. The minimum absolute atomic E-state index is 0.112. The summed E-state index contributed by atoms with van der Waals surface area (Å²) >= 11 is 0. The van der Waals surface area contributed by atoms with Gasteiger partial charge >= 0.3 is 0 Å². The van der Waals surface area contributed by atoms with Gasteiger partial charge in [-0.1, -0.05) is 0 Å². The van der Waals surface area contributed by atoms with E-state index in [1.165, 1.54) is 12.5 Å². The fourth-order valence-corrected chi connectivity index (χ4v) is 2.23. The molecule has 1 heterocycles. The van der Waals surface area contributed by atoms with Crippen molar-refractivity contribution in [2.45, 2.75) is 4.90 Å². The molecule has 0 bridgehead atoms. The van der Waals surface area contributed by atoms with Crippen molar-refractivity contribution in [2.24, 2.45) is 7.05 Å². The first-order chi connectivity index (χ1) is 9.27. The van der Waals surface area contributed by atoms with E-state index in [2.05, 4.69) is 10.3 Å². The zero-order valence-corrected chi connectivity index (χ0v) is 11.7. The fourth-order valence-electron chi connectivity index (χ4n) is 1.47. The molecule has 1 amide bonds. The Morgan fingerprint density at radius 1 is 1.45 bits per heavy atom. The number of aromatic nitrogens is 2. The molecular weight excluding hydrogens is 309 g/mol. The number of hydrogen-bond donors (Lipinski definition) is 1. The molecule has 0 aliphatic carbocycles. The van der Waals surface area contributed by atoms with Gasteiger partial charge in [0.05, 0.1) is 16.9 Å². The smallest absolute Gasteiger partial charge is 0.275 e. The average molecular weight is 318 g/mol. The van der Waals surface area contributed by atoms with Crippen LogP contribution >= 0.6 is 10.7 Å². The van der Waals surface area contributed by atoms with Crippen molar-refractivity contribution in [3.63, 3.8) is 0 Å². The first kappa shape index (κ1) is 14.5. The third kappa shape index (κ3) is 3.14. The molecule has 0 saturated heterocycles. The predicted molar refractivity (Wildman–Crippen MR) is 70.6 cm³/mol. The van der Waals surface area contributed by atoms with E-state index in [0.717, 1.165) is 18.2 Å². The van der Waals surface area contributed by atoms with Gasteiger partial charge in [-0.3, -0.25) is 4.79 Å². The minimum Gasteiger partial charge on any atom is -0.340 e. The Bertz CT molecular complexity index is 773. The number of amides is 1. The number of hydrogen-bond acceptors (Lipinski definition) is 4. The number of halogens is 2. The first-order valence-electron chi connectivity index (χ1n) is 5.31. The van der Waals surface area contributed by atoms with Crippen LogP contribution in [0.2, 0.25) is 0 Å². The van der Waals surface area contributed by atoms with E-state index in [0.29, 0.717) is 0 Å². The van der Waals surface area contributed by atoms with Crippen molar-refractivity contribution >= 4 is 31.3 Å². The van der Waals surface area contributed by atoms with Crippen molar-refractivity contribution in [3.05, 3.63) is 42.2 Å². The van der Waals surface area contributed by atoms with E-state index in [1.807, 2.05) is 0 Å². The Morgan fingerprint density at radius 3 is 2.65 bits per heavy atom. The SMILES string of the molecule is Cn1cnc(C(=O)Nc2ccc(S(=O)(=O)Cl)cc2F)c1. The first-order valence-corrected chi connectivity index (χ1v) is 7.62. The van der Waals surface area contributed by atoms with Crippen LogP contribution in [-0.4, -0.2) is 23.9 Å². The van der Waals surface area contributed by atoms with Crippen LogP contribution < -0.4 is 5.32 Å². The highest BCUT2D eigenvalue weighted by molar-refractivity contribution is 8.13. The zero-order chi connectivity index (χ0) is 14.9. The standard InChI is InChI=1S/C11H9ClFN3O3S/c1-16-5-10(14-6-16)11(17)15-9-3-2-7(4-8(9)13)20(12,18)19/h2-6H,1H3,(H,15,17). The molecule has 20 heavy (non-hydrogen) atoms. The lowest BCUT2D eigenvalue weighted by Gasteiger charge is -2.05. The van der Waals surface area contributed by atoms with Crippen LogP contribution in [0.15, 0.2) is 35.6 Å². The summed E-state index contributed by atoms with van der Waals surface area (Å²) in [5, 5.41) is 2.29. The molecule has 0 aliphatic heterocycles. The molecular formula is C11H9ClFN3O3S. The molecule has 0 atom stereocenters. The number of carbonyl (C=O) groups excluding carboxylic acids is 1. The molecule has 0 unspecified atom stereocenters. The van der Waals surface area contributed by atoms with Gasteiger partial charge in [-0.25, -0.2) is 17.8 Å². The Hall–Kier alpha value is -1.93. The lowest BCUT2D eigenvalue weighted by Crippen LogP contribution is -2.13. The molecule has 9 heteroatoms. The van der Waals surface area contributed by atoms with E-state index < -0.39 is 20.8 Å². The number of benzene rings is 1. The summed E-state index contributed by atoms with van der Waals surface area (Å²) in [5.41, 5.74) is -0.0503. The highest BCUT2D eigenvalue weighted by Crippen LogP contribution is 2.21. The molecule has 1 aromatic carbocycles. The number of rotatable bonds is 3. The van der Waals surface area contributed by atoms with Gasteiger partial charge in [-0.2, -0.15) is 0 Å². The summed E-state index contributed by atoms with van der Waals surface area (Å²) in [4.78, 5) is 15.2. The quantitative estimate of drug-likeness (QED) is 0.874. The second-order valence-corrected chi connectivity index (χ2v) is 6.52. The summed E-state index contributed by atoms with van der Waals surface area (Å²) < 4.78 is 37.3. The fraction of sp³-hybridized carbons (Fsp3) is 0.0909. The molecule has 2 rings (SSSR count). The van der Waals surface area contributed by atoms with Crippen molar-refractivity contribution < 1.29 is 17.6 Å². The van der Waals surface area contributed by atoms with Crippen molar-refractivity contribution in [1.29, 1.82) is 0 Å². The van der Waals surface area contributed by atoms with Gasteiger partial charge in [0.2, 0.25) is 0 Å².